The molecule has 1 aromatic heterocycles. The second-order valence-electron chi connectivity index (χ2n) is 4.98. The fourth-order valence-corrected chi connectivity index (χ4v) is 2.74. The van der Waals surface area contributed by atoms with Crippen molar-refractivity contribution >= 4 is 0 Å². The summed E-state index contributed by atoms with van der Waals surface area (Å²) in [6.07, 6.45) is 3.24. The van der Waals surface area contributed by atoms with E-state index in [9.17, 15) is 0 Å². The van der Waals surface area contributed by atoms with Crippen LogP contribution in [0.3, 0.4) is 0 Å². The summed E-state index contributed by atoms with van der Waals surface area (Å²) in [5.74, 6) is 1.46. The fraction of sp³-hybridized carbons (Fsp3) is 0.467. The van der Waals surface area contributed by atoms with Crippen LogP contribution < -0.4 is 0 Å². The van der Waals surface area contributed by atoms with Gasteiger partial charge in [-0.3, -0.25) is 4.90 Å². The first-order valence-electron chi connectivity index (χ1n) is 6.97. The lowest BCUT2D eigenvalue weighted by Gasteiger charge is -2.23. The van der Waals surface area contributed by atoms with Crippen molar-refractivity contribution < 1.29 is 4.42 Å². The monoisotopic (exact) mass is 257 g/mol. The van der Waals surface area contributed by atoms with Gasteiger partial charge in [-0.05, 0) is 24.9 Å². The van der Waals surface area contributed by atoms with Crippen LogP contribution in [0.25, 0.3) is 0 Å². The average Bonchev–Trinajstić information content (AvgIpc) is 3.09. The van der Waals surface area contributed by atoms with Gasteiger partial charge >= 0.3 is 0 Å². The van der Waals surface area contributed by atoms with E-state index in [0.717, 1.165) is 31.3 Å². The largest absolute Gasteiger partial charge is 0.424 e. The zero-order valence-corrected chi connectivity index (χ0v) is 11.2. The van der Waals surface area contributed by atoms with Gasteiger partial charge in [-0.25, -0.2) is 0 Å². The first-order valence-corrected chi connectivity index (χ1v) is 6.97. The van der Waals surface area contributed by atoms with Crippen molar-refractivity contribution in [2.24, 2.45) is 0 Å². The van der Waals surface area contributed by atoms with Crippen LogP contribution in [0.2, 0.25) is 0 Å². The van der Waals surface area contributed by atoms with Crippen molar-refractivity contribution in [1.29, 1.82) is 0 Å². The molecule has 1 saturated heterocycles. The molecular formula is C15H19N3O. The number of hydrogen-bond donors (Lipinski definition) is 0. The van der Waals surface area contributed by atoms with Gasteiger partial charge in [0.2, 0.25) is 11.8 Å². The number of likely N-dealkylation sites (tertiary alicyclic amines) is 1. The van der Waals surface area contributed by atoms with E-state index in [0.29, 0.717) is 6.04 Å². The van der Waals surface area contributed by atoms with Gasteiger partial charge in [0.1, 0.15) is 0 Å². The average molecular weight is 257 g/mol. The van der Waals surface area contributed by atoms with Gasteiger partial charge < -0.3 is 4.42 Å². The van der Waals surface area contributed by atoms with Gasteiger partial charge in [-0.2, -0.15) is 0 Å². The van der Waals surface area contributed by atoms with E-state index in [4.69, 9.17) is 4.42 Å². The lowest BCUT2D eigenvalue weighted by molar-refractivity contribution is 0.221. The smallest absolute Gasteiger partial charge is 0.230 e. The molecule has 0 bridgehead atoms. The van der Waals surface area contributed by atoms with E-state index in [1.165, 1.54) is 18.4 Å². The van der Waals surface area contributed by atoms with Crippen molar-refractivity contribution in [3.8, 4) is 0 Å². The molecule has 1 aliphatic rings. The van der Waals surface area contributed by atoms with Crippen molar-refractivity contribution in [1.82, 2.24) is 15.1 Å². The highest BCUT2D eigenvalue weighted by Crippen LogP contribution is 2.32. The molecule has 1 atom stereocenters. The quantitative estimate of drug-likeness (QED) is 0.844. The maximum absolute atomic E-state index is 5.62. The van der Waals surface area contributed by atoms with Gasteiger partial charge in [0.15, 0.2) is 0 Å². The lowest BCUT2D eigenvalue weighted by Crippen LogP contribution is -2.22. The van der Waals surface area contributed by atoms with Gasteiger partial charge in [-0.15, -0.1) is 10.2 Å². The molecule has 100 valence electrons. The Morgan fingerprint density at radius 3 is 2.74 bits per heavy atom. The highest BCUT2D eigenvalue weighted by Gasteiger charge is 2.27. The molecule has 1 fully saturated rings. The zero-order valence-electron chi connectivity index (χ0n) is 11.2. The number of rotatable bonds is 4. The number of hydrogen-bond acceptors (Lipinski definition) is 4. The molecule has 19 heavy (non-hydrogen) atoms. The molecular weight excluding hydrogens is 238 g/mol. The van der Waals surface area contributed by atoms with Crippen LogP contribution in [0, 0.1) is 0 Å². The zero-order chi connectivity index (χ0) is 13.1. The molecule has 0 radical (unpaired) electrons. The minimum absolute atomic E-state index is 0.484. The molecule has 4 nitrogen and oxygen atoms in total. The topological polar surface area (TPSA) is 42.2 Å². The summed E-state index contributed by atoms with van der Waals surface area (Å²) >= 11 is 0. The molecule has 1 aliphatic heterocycles. The predicted octanol–water partition coefficient (Wildman–Crippen LogP) is 2.97. The fourth-order valence-electron chi connectivity index (χ4n) is 2.74. The van der Waals surface area contributed by atoms with Crippen LogP contribution in [-0.4, -0.2) is 21.6 Å². The Morgan fingerprint density at radius 2 is 2.00 bits per heavy atom. The second kappa shape index (κ2) is 5.53. The number of nitrogens with zero attached hydrogens (tertiary/aromatic N) is 3. The summed E-state index contributed by atoms with van der Waals surface area (Å²) in [4.78, 5) is 2.43. The van der Waals surface area contributed by atoms with Crippen molar-refractivity contribution in [3.05, 3.63) is 47.7 Å². The van der Waals surface area contributed by atoms with E-state index in [1.807, 2.05) is 6.92 Å². The maximum atomic E-state index is 5.62. The first-order chi connectivity index (χ1) is 9.36. The summed E-state index contributed by atoms with van der Waals surface area (Å²) in [5, 5.41) is 8.15. The minimum Gasteiger partial charge on any atom is -0.424 e. The van der Waals surface area contributed by atoms with Gasteiger partial charge in [0.25, 0.3) is 0 Å². The third-order valence-corrected chi connectivity index (χ3v) is 3.70. The van der Waals surface area contributed by atoms with Crippen LogP contribution in [0.1, 0.15) is 43.2 Å². The van der Waals surface area contributed by atoms with Gasteiger partial charge in [-0.1, -0.05) is 37.3 Å². The molecule has 2 aromatic rings. The third kappa shape index (κ3) is 2.68. The molecule has 4 heteroatoms. The Hall–Kier alpha value is -1.68. The van der Waals surface area contributed by atoms with Crippen LogP contribution in [-0.2, 0) is 13.0 Å². The van der Waals surface area contributed by atoms with E-state index in [1.54, 1.807) is 0 Å². The molecule has 1 unspecified atom stereocenters. The van der Waals surface area contributed by atoms with E-state index < -0.39 is 0 Å². The van der Waals surface area contributed by atoms with Crippen LogP contribution in [0.15, 0.2) is 34.7 Å². The Labute approximate surface area is 113 Å². The maximum Gasteiger partial charge on any atom is 0.230 e. The normalized spacial score (nSPS) is 19.9. The lowest BCUT2D eigenvalue weighted by atomic mass is 10.0. The summed E-state index contributed by atoms with van der Waals surface area (Å²) in [6.45, 7) is 3.88. The van der Waals surface area contributed by atoms with Gasteiger partial charge in [0, 0.05) is 12.5 Å². The molecule has 0 amide bonds. The predicted molar refractivity (Wildman–Crippen MR) is 72.5 cm³/mol. The summed E-state index contributed by atoms with van der Waals surface area (Å²) in [7, 11) is 0. The second-order valence-corrected chi connectivity index (χ2v) is 4.98. The standard InChI is InChI=1S/C15H19N3O/c1-2-14-16-17-15(19-14)11-18-10-6-9-13(18)12-7-4-3-5-8-12/h3-5,7-8,13H,2,6,9-11H2,1H3. The van der Waals surface area contributed by atoms with E-state index >= 15 is 0 Å². The summed E-state index contributed by atoms with van der Waals surface area (Å²) < 4.78 is 5.62. The highest BCUT2D eigenvalue weighted by atomic mass is 16.4. The third-order valence-electron chi connectivity index (χ3n) is 3.70. The molecule has 0 N–H and O–H groups in total. The first kappa shape index (κ1) is 12.4. The Kier molecular flexibility index (Phi) is 3.60. The minimum atomic E-state index is 0.484. The SMILES string of the molecule is CCc1nnc(CN2CCCC2c2ccccc2)o1. The molecule has 0 spiro atoms. The summed E-state index contributed by atoms with van der Waals surface area (Å²) in [5.41, 5.74) is 1.38. The van der Waals surface area contributed by atoms with E-state index in [2.05, 4.69) is 45.4 Å². The van der Waals surface area contributed by atoms with Crippen molar-refractivity contribution in [3.63, 3.8) is 0 Å². The Bertz CT molecular complexity index is 523. The molecule has 0 aliphatic carbocycles. The molecule has 3 rings (SSSR count). The Morgan fingerprint density at radius 1 is 1.21 bits per heavy atom. The van der Waals surface area contributed by atoms with E-state index in [-0.39, 0.29) is 0 Å². The summed E-state index contributed by atoms with van der Waals surface area (Å²) in [6, 6.07) is 11.2. The number of benzene rings is 1. The molecule has 0 saturated carbocycles. The Balaban J connectivity index is 1.73. The number of aryl methyl sites for hydroxylation is 1. The highest BCUT2D eigenvalue weighted by molar-refractivity contribution is 5.20. The van der Waals surface area contributed by atoms with Gasteiger partial charge in [0.05, 0.1) is 6.54 Å². The van der Waals surface area contributed by atoms with Crippen LogP contribution >= 0.6 is 0 Å². The molecule has 1 aromatic carbocycles. The van der Waals surface area contributed by atoms with Crippen LogP contribution in [0.4, 0.5) is 0 Å². The van der Waals surface area contributed by atoms with Crippen molar-refractivity contribution in [2.75, 3.05) is 6.54 Å². The number of aromatic nitrogens is 2. The molecule has 2 heterocycles. The van der Waals surface area contributed by atoms with Crippen molar-refractivity contribution in [2.45, 2.75) is 38.8 Å². The van der Waals surface area contributed by atoms with Crippen LogP contribution in [0.5, 0.6) is 0 Å².